The third-order valence-electron chi connectivity index (χ3n) is 3.73. The van der Waals surface area contributed by atoms with Crippen LogP contribution >= 0.6 is 0 Å². The highest BCUT2D eigenvalue weighted by Gasteiger charge is 2.17. The Kier molecular flexibility index (Phi) is 5.12. The van der Waals surface area contributed by atoms with Gasteiger partial charge in [0.25, 0.3) is 0 Å². The van der Waals surface area contributed by atoms with Gasteiger partial charge in [-0.05, 0) is 38.7 Å². The van der Waals surface area contributed by atoms with E-state index >= 15 is 0 Å². The maximum atomic E-state index is 6.00. The zero-order valence-electron chi connectivity index (χ0n) is 13.5. The summed E-state index contributed by atoms with van der Waals surface area (Å²) in [5.41, 5.74) is 9.75. The zero-order chi connectivity index (χ0) is 15.4. The van der Waals surface area contributed by atoms with Gasteiger partial charge in [0.15, 0.2) is 0 Å². The molecule has 0 amide bonds. The molecular formula is C15H26N6. The molecule has 0 aliphatic heterocycles. The van der Waals surface area contributed by atoms with Gasteiger partial charge in [-0.15, -0.1) is 0 Å². The Morgan fingerprint density at radius 1 is 1.19 bits per heavy atom. The molecule has 0 fully saturated rings. The molecule has 2 N–H and O–H groups in total. The lowest BCUT2D eigenvalue weighted by atomic mass is 10.0. The second-order valence-electron chi connectivity index (χ2n) is 5.41. The second kappa shape index (κ2) is 6.85. The van der Waals surface area contributed by atoms with Crippen LogP contribution in [-0.4, -0.2) is 30.6 Å². The third kappa shape index (κ3) is 3.32. The standard InChI is InChI=1S/C15H26N6/c1-5-13-12(8-11(4)16)14(6-2)21(19-13)9-15-17-10-18-20(15)7-3/h10-11H,5-9,16H2,1-4H3. The molecule has 0 aliphatic carbocycles. The highest BCUT2D eigenvalue weighted by Crippen LogP contribution is 2.19. The first-order chi connectivity index (χ1) is 10.1. The summed E-state index contributed by atoms with van der Waals surface area (Å²) in [5.74, 6) is 0.949. The zero-order valence-corrected chi connectivity index (χ0v) is 13.5. The summed E-state index contributed by atoms with van der Waals surface area (Å²) >= 11 is 0. The van der Waals surface area contributed by atoms with Crippen LogP contribution in [-0.2, 0) is 32.4 Å². The molecule has 21 heavy (non-hydrogen) atoms. The fourth-order valence-corrected chi connectivity index (χ4v) is 2.77. The van der Waals surface area contributed by atoms with Crippen molar-refractivity contribution >= 4 is 0 Å². The van der Waals surface area contributed by atoms with Gasteiger partial charge in [0.05, 0.1) is 5.69 Å². The van der Waals surface area contributed by atoms with Gasteiger partial charge in [0, 0.05) is 18.3 Å². The van der Waals surface area contributed by atoms with Gasteiger partial charge in [0.2, 0.25) is 0 Å². The summed E-state index contributed by atoms with van der Waals surface area (Å²) in [6, 6.07) is 0.151. The van der Waals surface area contributed by atoms with Crippen LogP contribution in [0.2, 0.25) is 0 Å². The van der Waals surface area contributed by atoms with Crippen LogP contribution in [0.1, 0.15) is 50.5 Å². The van der Waals surface area contributed by atoms with Gasteiger partial charge in [0.1, 0.15) is 18.7 Å². The molecule has 0 aromatic carbocycles. The van der Waals surface area contributed by atoms with E-state index in [1.807, 2.05) is 11.6 Å². The maximum absolute atomic E-state index is 6.00. The Bertz CT molecular complexity index is 581. The summed E-state index contributed by atoms with van der Waals surface area (Å²) in [7, 11) is 0. The van der Waals surface area contributed by atoms with Gasteiger partial charge in [-0.25, -0.2) is 9.67 Å². The van der Waals surface area contributed by atoms with E-state index in [1.54, 1.807) is 6.33 Å². The molecule has 1 unspecified atom stereocenters. The molecule has 0 radical (unpaired) electrons. The predicted octanol–water partition coefficient (Wildman–Crippen LogP) is 1.56. The van der Waals surface area contributed by atoms with Crippen molar-refractivity contribution in [2.45, 2.75) is 66.1 Å². The number of rotatable bonds is 7. The minimum Gasteiger partial charge on any atom is -0.328 e. The predicted molar refractivity (Wildman–Crippen MR) is 83.1 cm³/mol. The van der Waals surface area contributed by atoms with Crippen LogP contribution < -0.4 is 5.73 Å². The Morgan fingerprint density at radius 2 is 1.95 bits per heavy atom. The third-order valence-corrected chi connectivity index (χ3v) is 3.73. The molecule has 6 nitrogen and oxygen atoms in total. The van der Waals surface area contributed by atoms with Gasteiger partial charge in [-0.2, -0.15) is 10.2 Å². The average molecular weight is 290 g/mol. The topological polar surface area (TPSA) is 74.5 Å². The van der Waals surface area contributed by atoms with Crippen LogP contribution in [0.25, 0.3) is 0 Å². The molecule has 116 valence electrons. The number of hydrogen-bond donors (Lipinski definition) is 1. The van der Waals surface area contributed by atoms with E-state index in [0.29, 0.717) is 6.54 Å². The van der Waals surface area contributed by atoms with Crippen LogP contribution in [0, 0.1) is 0 Å². The minimum atomic E-state index is 0.151. The van der Waals surface area contributed by atoms with Crippen LogP contribution in [0.3, 0.4) is 0 Å². The highest BCUT2D eigenvalue weighted by atomic mass is 15.4. The number of nitrogens with two attached hydrogens (primary N) is 1. The van der Waals surface area contributed by atoms with Gasteiger partial charge in [-0.1, -0.05) is 13.8 Å². The molecule has 0 aliphatic rings. The van der Waals surface area contributed by atoms with Gasteiger partial charge < -0.3 is 5.73 Å². The monoisotopic (exact) mass is 290 g/mol. The van der Waals surface area contributed by atoms with Crippen LogP contribution in [0.4, 0.5) is 0 Å². The molecule has 0 saturated carbocycles. The molecule has 2 aromatic heterocycles. The first-order valence-electron chi connectivity index (χ1n) is 7.80. The molecule has 1 atom stereocenters. The average Bonchev–Trinajstić information content (AvgIpc) is 3.03. The van der Waals surface area contributed by atoms with Crippen molar-refractivity contribution in [3.63, 3.8) is 0 Å². The van der Waals surface area contributed by atoms with E-state index in [-0.39, 0.29) is 6.04 Å². The molecule has 2 rings (SSSR count). The lowest BCUT2D eigenvalue weighted by Crippen LogP contribution is -2.19. The van der Waals surface area contributed by atoms with Crippen molar-refractivity contribution in [1.82, 2.24) is 24.5 Å². The summed E-state index contributed by atoms with van der Waals surface area (Å²) in [6.07, 6.45) is 4.38. The lowest BCUT2D eigenvalue weighted by Gasteiger charge is -2.10. The number of nitrogens with zero attached hydrogens (tertiary/aromatic N) is 5. The minimum absolute atomic E-state index is 0.151. The molecule has 2 aromatic rings. The Labute approximate surface area is 126 Å². The number of aryl methyl sites for hydroxylation is 2. The van der Waals surface area contributed by atoms with E-state index < -0.39 is 0 Å². The summed E-state index contributed by atoms with van der Waals surface area (Å²) in [5, 5.41) is 9.01. The largest absolute Gasteiger partial charge is 0.328 e. The van der Waals surface area contributed by atoms with E-state index in [2.05, 4.69) is 35.5 Å². The maximum Gasteiger partial charge on any atom is 0.148 e. The van der Waals surface area contributed by atoms with E-state index in [0.717, 1.165) is 37.3 Å². The van der Waals surface area contributed by atoms with E-state index in [1.165, 1.54) is 11.3 Å². The summed E-state index contributed by atoms with van der Waals surface area (Å²) in [6.45, 7) is 9.92. The Morgan fingerprint density at radius 3 is 2.52 bits per heavy atom. The fourth-order valence-electron chi connectivity index (χ4n) is 2.77. The van der Waals surface area contributed by atoms with Crippen molar-refractivity contribution in [3.8, 4) is 0 Å². The summed E-state index contributed by atoms with van der Waals surface area (Å²) < 4.78 is 3.99. The molecule has 0 spiro atoms. The van der Waals surface area contributed by atoms with Crippen molar-refractivity contribution in [1.29, 1.82) is 0 Å². The van der Waals surface area contributed by atoms with Gasteiger partial charge in [-0.3, -0.25) is 4.68 Å². The molecule has 6 heteroatoms. The van der Waals surface area contributed by atoms with Crippen LogP contribution in [0.5, 0.6) is 0 Å². The first-order valence-corrected chi connectivity index (χ1v) is 7.80. The quantitative estimate of drug-likeness (QED) is 0.839. The van der Waals surface area contributed by atoms with E-state index in [9.17, 15) is 0 Å². The fraction of sp³-hybridized carbons (Fsp3) is 0.667. The smallest absolute Gasteiger partial charge is 0.148 e. The molecule has 0 saturated heterocycles. The van der Waals surface area contributed by atoms with Crippen molar-refractivity contribution in [2.24, 2.45) is 5.73 Å². The SMILES string of the molecule is CCc1nn(Cc2ncnn2CC)c(CC)c1CC(C)N. The summed E-state index contributed by atoms with van der Waals surface area (Å²) in [4.78, 5) is 4.35. The van der Waals surface area contributed by atoms with Crippen molar-refractivity contribution in [3.05, 3.63) is 29.1 Å². The highest BCUT2D eigenvalue weighted by molar-refractivity contribution is 5.28. The normalized spacial score (nSPS) is 12.8. The Balaban J connectivity index is 2.37. The van der Waals surface area contributed by atoms with Crippen LogP contribution in [0.15, 0.2) is 6.33 Å². The second-order valence-corrected chi connectivity index (χ2v) is 5.41. The molecule has 2 heterocycles. The first kappa shape index (κ1) is 15.7. The number of aromatic nitrogens is 5. The van der Waals surface area contributed by atoms with E-state index in [4.69, 9.17) is 10.8 Å². The lowest BCUT2D eigenvalue weighted by molar-refractivity contribution is 0.552. The van der Waals surface area contributed by atoms with Gasteiger partial charge >= 0.3 is 0 Å². The molecular weight excluding hydrogens is 264 g/mol. The van der Waals surface area contributed by atoms with Crippen molar-refractivity contribution < 1.29 is 0 Å². The number of hydrogen-bond acceptors (Lipinski definition) is 4. The molecule has 0 bridgehead atoms. The Hall–Kier alpha value is -1.69. The van der Waals surface area contributed by atoms with Crippen molar-refractivity contribution in [2.75, 3.05) is 0 Å².